The molecule has 28 heavy (non-hydrogen) atoms. The molecule has 1 aliphatic carbocycles. The third-order valence-corrected chi connectivity index (χ3v) is 5.83. The minimum absolute atomic E-state index is 0.0594. The van der Waals surface area contributed by atoms with Crippen LogP contribution in [0.3, 0.4) is 0 Å². The van der Waals surface area contributed by atoms with Crippen LogP contribution in [0.15, 0.2) is 43.2 Å². The zero-order valence-corrected chi connectivity index (χ0v) is 15.8. The predicted molar refractivity (Wildman–Crippen MR) is 103 cm³/mol. The lowest BCUT2D eigenvalue weighted by Gasteiger charge is -2.44. The Morgan fingerprint density at radius 3 is 2.68 bits per heavy atom. The fraction of sp³-hybridized carbons (Fsp3) is 0.350. The fourth-order valence-electron chi connectivity index (χ4n) is 4.12. The lowest BCUT2D eigenvalue weighted by atomic mass is 9.67. The molecule has 0 radical (unpaired) electrons. The molecule has 4 heterocycles. The van der Waals surface area contributed by atoms with E-state index in [9.17, 15) is 5.26 Å². The Bertz CT molecular complexity index is 1200. The molecular formula is C20H20N8. The molecular weight excluding hydrogens is 352 g/mol. The molecule has 0 spiro atoms. The highest BCUT2D eigenvalue weighted by Gasteiger charge is 2.45. The first kappa shape index (κ1) is 16.7. The molecule has 1 fully saturated rings. The van der Waals surface area contributed by atoms with E-state index in [4.69, 9.17) is 4.98 Å². The maximum atomic E-state index is 9.17. The summed E-state index contributed by atoms with van der Waals surface area (Å²) in [6, 6.07) is 4.33. The molecule has 0 amide bonds. The van der Waals surface area contributed by atoms with Gasteiger partial charge in [-0.25, -0.2) is 9.50 Å². The van der Waals surface area contributed by atoms with E-state index in [0.717, 1.165) is 47.3 Å². The van der Waals surface area contributed by atoms with Gasteiger partial charge in [0.05, 0.1) is 59.2 Å². The summed E-state index contributed by atoms with van der Waals surface area (Å²) in [6.45, 7) is 2.16. The zero-order chi connectivity index (χ0) is 19.3. The summed E-state index contributed by atoms with van der Waals surface area (Å²) in [6.07, 6.45) is 14.0. The summed E-state index contributed by atoms with van der Waals surface area (Å²) in [5, 5.41) is 22.5. The third kappa shape index (κ3) is 2.43. The van der Waals surface area contributed by atoms with Crippen molar-refractivity contribution < 1.29 is 0 Å². The number of aryl methyl sites for hydroxylation is 1. The van der Waals surface area contributed by atoms with E-state index in [2.05, 4.69) is 34.5 Å². The van der Waals surface area contributed by atoms with Gasteiger partial charge >= 0.3 is 0 Å². The van der Waals surface area contributed by atoms with Crippen LogP contribution in [0.5, 0.6) is 0 Å². The predicted octanol–water partition coefficient (Wildman–Crippen LogP) is 3.03. The average molecular weight is 372 g/mol. The third-order valence-electron chi connectivity index (χ3n) is 5.83. The lowest BCUT2D eigenvalue weighted by molar-refractivity contribution is 0.0783. The van der Waals surface area contributed by atoms with Crippen LogP contribution in [0.2, 0.25) is 0 Å². The van der Waals surface area contributed by atoms with Crippen LogP contribution in [-0.4, -0.2) is 34.2 Å². The summed E-state index contributed by atoms with van der Waals surface area (Å²) in [5.41, 5.74) is 4.41. The second-order valence-corrected chi connectivity index (χ2v) is 7.52. The van der Waals surface area contributed by atoms with Gasteiger partial charge in [0.2, 0.25) is 0 Å². The van der Waals surface area contributed by atoms with Gasteiger partial charge in [-0.2, -0.15) is 20.6 Å². The van der Waals surface area contributed by atoms with E-state index in [1.807, 2.05) is 40.9 Å². The van der Waals surface area contributed by atoms with Crippen LogP contribution in [0, 0.1) is 17.2 Å². The number of nitriles is 1. The van der Waals surface area contributed by atoms with Gasteiger partial charge in [0.1, 0.15) is 0 Å². The molecule has 8 nitrogen and oxygen atoms in total. The molecule has 0 atom stereocenters. The molecule has 1 saturated carbocycles. The smallest absolute Gasteiger partial charge is 0.0999 e. The van der Waals surface area contributed by atoms with Gasteiger partial charge in [0.25, 0.3) is 0 Å². The monoisotopic (exact) mass is 372 g/mol. The van der Waals surface area contributed by atoms with Gasteiger partial charge in [0, 0.05) is 30.6 Å². The maximum Gasteiger partial charge on any atom is 0.0999 e. The molecule has 0 aliphatic heterocycles. The normalized spacial score (nSPS) is 21.5. The Morgan fingerprint density at radius 1 is 1.14 bits per heavy atom. The van der Waals surface area contributed by atoms with E-state index in [1.54, 1.807) is 17.1 Å². The minimum atomic E-state index is -0.0594. The molecule has 0 N–H and O–H groups in total. The second-order valence-electron chi connectivity index (χ2n) is 7.52. The summed E-state index contributed by atoms with van der Waals surface area (Å²) in [7, 11) is 1.89. The van der Waals surface area contributed by atoms with E-state index in [0.29, 0.717) is 0 Å². The number of nitrogens with zero attached hydrogens (tertiary/aromatic N) is 8. The Labute approximate surface area is 162 Å². The summed E-state index contributed by atoms with van der Waals surface area (Å²) >= 11 is 0. The lowest BCUT2D eigenvalue weighted by Crippen LogP contribution is -2.45. The molecule has 0 aromatic carbocycles. The first-order valence-electron chi connectivity index (χ1n) is 9.40. The molecule has 8 heteroatoms. The van der Waals surface area contributed by atoms with E-state index in [-0.39, 0.29) is 11.5 Å². The molecule has 4 aromatic heterocycles. The van der Waals surface area contributed by atoms with Gasteiger partial charge < -0.3 is 0 Å². The highest BCUT2D eigenvalue weighted by molar-refractivity contribution is 5.78. The number of aromatic nitrogens is 7. The molecule has 4 aromatic rings. The number of rotatable bonds is 4. The van der Waals surface area contributed by atoms with Crippen molar-refractivity contribution >= 4 is 5.52 Å². The van der Waals surface area contributed by atoms with E-state index in [1.165, 1.54) is 0 Å². The average Bonchev–Trinajstić information content (AvgIpc) is 3.41. The van der Waals surface area contributed by atoms with Crippen molar-refractivity contribution in [3.63, 3.8) is 0 Å². The van der Waals surface area contributed by atoms with Gasteiger partial charge in [-0.05, 0) is 25.3 Å². The second kappa shape index (κ2) is 6.02. The molecule has 5 rings (SSSR count). The SMILES string of the molecule is CCC1(n2cc(-c3nc(-c4cnn(C)c4)cn4nccc34)cn2)CC(C#N)C1. The van der Waals surface area contributed by atoms with Gasteiger partial charge in [-0.1, -0.05) is 6.92 Å². The Morgan fingerprint density at radius 2 is 1.96 bits per heavy atom. The van der Waals surface area contributed by atoms with Crippen molar-refractivity contribution in [2.45, 2.75) is 31.7 Å². The molecule has 0 bridgehead atoms. The Hall–Kier alpha value is -3.47. The van der Waals surface area contributed by atoms with Crippen molar-refractivity contribution in [2.24, 2.45) is 13.0 Å². The largest absolute Gasteiger partial charge is 0.275 e. The Balaban J connectivity index is 1.59. The highest BCUT2D eigenvalue weighted by Crippen LogP contribution is 2.46. The molecule has 0 unspecified atom stereocenters. The van der Waals surface area contributed by atoms with Crippen molar-refractivity contribution in [2.75, 3.05) is 0 Å². The Kier molecular flexibility index (Phi) is 3.59. The van der Waals surface area contributed by atoms with Gasteiger partial charge in [-0.3, -0.25) is 9.36 Å². The summed E-state index contributed by atoms with van der Waals surface area (Å²) in [5.74, 6) is 0.126. The van der Waals surface area contributed by atoms with Crippen LogP contribution in [0.4, 0.5) is 0 Å². The van der Waals surface area contributed by atoms with E-state index >= 15 is 0 Å². The highest BCUT2D eigenvalue weighted by atomic mass is 15.3. The van der Waals surface area contributed by atoms with Gasteiger partial charge in [-0.15, -0.1) is 0 Å². The first-order valence-corrected chi connectivity index (χ1v) is 9.40. The number of hydrogen-bond acceptors (Lipinski definition) is 5. The first-order chi connectivity index (χ1) is 13.6. The topological polar surface area (TPSA) is 89.6 Å². The molecule has 1 aliphatic rings. The minimum Gasteiger partial charge on any atom is -0.275 e. The van der Waals surface area contributed by atoms with Crippen LogP contribution in [-0.2, 0) is 12.6 Å². The van der Waals surface area contributed by atoms with Crippen molar-refractivity contribution in [3.05, 3.63) is 43.2 Å². The standard InChI is InChI=1S/C20H20N8/c1-3-20(6-14(7-20)8-21)28-12-16(10-24-28)19-18-4-5-22-27(18)13-17(25-19)15-9-23-26(2)11-15/h4-5,9-14H,3,6-7H2,1-2H3. The molecule has 140 valence electrons. The number of hydrogen-bond donors (Lipinski definition) is 0. The van der Waals surface area contributed by atoms with Gasteiger partial charge in [0.15, 0.2) is 0 Å². The van der Waals surface area contributed by atoms with Crippen LogP contribution < -0.4 is 0 Å². The van der Waals surface area contributed by atoms with Crippen molar-refractivity contribution in [1.29, 1.82) is 5.26 Å². The van der Waals surface area contributed by atoms with Crippen LogP contribution in [0.1, 0.15) is 26.2 Å². The van der Waals surface area contributed by atoms with Crippen molar-refractivity contribution in [1.82, 2.24) is 34.2 Å². The zero-order valence-electron chi connectivity index (χ0n) is 15.8. The van der Waals surface area contributed by atoms with Crippen LogP contribution in [0.25, 0.3) is 28.0 Å². The van der Waals surface area contributed by atoms with Crippen LogP contribution >= 0.6 is 0 Å². The summed E-state index contributed by atoms with van der Waals surface area (Å²) in [4.78, 5) is 4.90. The quantitative estimate of drug-likeness (QED) is 0.549. The maximum absolute atomic E-state index is 9.17. The fourth-order valence-corrected chi connectivity index (χ4v) is 4.12. The number of fused-ring (bicyclic) bond motifs is 1. The molecule has 0 saturated heterocycles. The van der Waals surface area contributed by atoms with Crippen molar-refractivity contribution in [3.8, 4) is 28.6 Å². The summed E-state index contributed by atoms with van der Waals surface area (Å²) < 4.78 is 5.63. The van der Waals surface area contributed by atoms with E-state index < -0.39 is 0 Å².